The van der Waals surface area contributed by atoms with Crippen LogP contribution in [0.5, 0.6) is 5.75 Å². The Kier molecular flexibility index (Phi) is 5.07. The second-order valence-corrected chi connectivity index (χ2v) is 7.78. The first kappa shape index (κ1) is 17.9. The van der Waals surface area contributed by atoms with Crippen LogP contribution in [0.3, 0.4) is 0 Å². The van der Waals surface area contributed by atoms with Crippen LogP contribution in [-0.2, 0) is 13.2 Å². The van der Waals surface area contributed by atoms with Crippen LogP contribution in [0.1, 0.15) is 5.56 Å². The van der Waals surface area contributed by atoms with Crippen molar-refractivity contribution < 1.29 is 4.74 Å². The summed E-state index contributed by atoms with van der Waals surface area (Å²) in [6.07, 6.45) is 0. The van der Waals surface area contributed by atoms with Crippen molar-refractivity contribution in [1.82, 2.24) is 19.7 Å². The molecule has 0 saturated carbocycles. The van der Waals surface area contributed by atoms with E-state index in [1.54, 1.807) is 18.4 Å². The minimum atomic E-state index is 0.566. The Balaban J connectivity index is 1.48. The highest BCUT2D eigenvalue weighted by atomic mass is 32.1. The maximum atomic E-state index is 5.40. The number of fused-ring (bicyclic) bond motifs is 1. The largest absolute Gasteiger partial charge is 0.497 e. The fraction of sp³-hybridized carbons (Fsp3) is 0.200. The third kappa shape index (κ3) is 3.95. The Labute approximate surface area is 166 Å². The zero-order chi connectivity index (χ0) is 18.8. The molecule has 4 aromatic rings. The molecule has 0 unspecified atom stereocenters. The van der Waals surface area contributed by atoms with E-state index in [0.29, 0.717) is 11.4 Å². The van der Waals surface area contributed by atoms with Crippen LogP contribution in [0.4, 0.5) is 0 Å². The summed E-state index contributed by atoms with van der Waals surface area (Å²) >= 11 is 7.05. The lowest BCUT2D eigenvalue weighted by Gasteiger charge is -2.17. The number of benzene rings is 2. The average molecular weight is 397 g/mol. The number of methoxy groups -OCH3 is 1. The van der Waals surface area contributed by atoms with E-state index in [1.165, 1.54) is 16.3 Å². The molecule has 5 nitrogen and oxygen atoms in total. The van der Waals surface area contributed by atoms with Crippen molar-refractivity contribution in [3.8, 4) is 16.5 Å². The second kappa shape index (κ2) is 7.64. The first-order valence-corrected chi connectivity index (χ1v) is 9.87. The minimum Gasteiger partial charge on any atom is -0.497 e. The molecule has 0 amide bonds. The molecule has 0 bridgehead atoms. The van der Waals surface area contributed by atoms with Gasteiger partial charge in [0, 0.05) is 6.54 Å². The normalized spacial score (nSPS) is 11.4. The SMILES string of the molecule is COc1ccc2cc(CN(C)Cn3[nH]c(-c4cccs4)nc3=S)ccc2c1. The quantitative estimate of drug-likeness (QED) is 0.470. The molecule has 0 radical (unpaired) electrons. The van der Waals surface area contributed by atoms with E-state index in [1.807, 2.05) is 28.3 Å². The maximum absolute atomic E-state index is 5.40. The highest BCUT2D eigenvalue weighted by Crippen LogP contribution is 2.23. The van der Waals surface area contributed by atoms with Gasteiger partial charge in [-0.2, -0.15) is 4.98 Å². The van der Waals surface area contributed by atoms with Crippen LogP contribution in [0.2, 0.25) is 0 Å². The van der Waals surface area contributed by atoms with E-state index >= 15 is 0 Å². The van der Waals surface area contributed by atoms with Gasteiger partial charge in [-0.1, -0.05) is 24.3 Å². The molecule has 0 fully saturated rings. The van der Waals surface area contributed by atoms with Crippen molar-refractivity contribution in [3.05, 3.63) is 64.2 Å². The van der Waals surface area contributed by atoms with Crippen LogP contribution < -0.4 is 4.74 Å². The summed E-state index contributed by atoms with van der Waals surface area (Å²) in [5.41, 5.74) is 1.25. The number of aromatic nitrogens is 3. The highest BCUT2D eigenvalue weighted by Gasteiger charge is 2.08. The van der Waals surface area contributed by atoms with E-state index in [2.05, 4.69) is 52.4 Å². The third-order valence-electron chi connectivity index (χ3n) is 4.38. The lowest BCUT2D eigenvalue weighted by atomic mass is 10.1. The molecule has 2 aromatic heterocycles. The van der Waals surface area contributed by atoms with E-state index in [0.717, 1.165) is 23.0 Å². The van der Waals surface area contributed by atoms with Gasteiger partial charge >= 0.3 is 0 Å². The summed E-state index contributed by atoms with van der Waals surface area (Å²) in [4.78, 5) is 7.76. The molecule has 0 aliphatic heterocycles. The second-order valence-electron chi connectivity index (χ2n) is 6.46. The molecule has 1 N–H and O–H groups in total. The van der Waals surface area contributed by atoms with Crippen LogP contribution in [-0.4, -0.2) is 33.8 Å². The van der Waals surface area contributed by atoms with Gasteiger partial charge in [-0.3, -0.25) is 10.00 Å². The predicted octanol–water partition coefficient (Wildman–Crippen LogP) is 4.92. The Morgan fingerprint density at radius 1 is 1.19 bits per heavy atom. The highest BCUT2D eigenvalue weighted by molar-refractivity contribution is 7.71. The first-order chi connectivity index (χ1) is 13.1. The van der Waals surface area contributed by atoms with E-state index < -0.39 is 0 Å². The van der Waals surface area contributed by atoms with Crippen molar-refractivity contribution in [2.75, 3.05) is 14.2 Å². The number of hydrogen-bond donors (Lipinski definition) is 1. The van der Waals surface area contributed by atoms with Gasteiger partial charge in [-0.15, -0.1) is 11.3 Å². The molecule has 0 atom stereocenters. The molecule has 138 valence electrons. The fourth-order valence-corrected chi connectivity index (χ4v) is 3.94. The summed E-state index contributed by atoms with van der Waals surface area (Å²) in [5.74, 6) is 1.70. The lowest BCUT2D eigenvalue weighted by Crippen LogP contribution is -2.22. The Hall–Kier alpha value is -2.48. The standard InChI is InChI=1S/C20H20N4OS2/c1-23(13-24-20(26)21-19(22-24)18-4-3-9-27-18)12-14-5-6-16-11-17(25-2)8-7-15(16)10-14/h3-11H,12-13H2,1-2H3,(H,21,22,26). The molecule has 27 heavy (non-hydrogen) atoms. The monoisotopic (exact) mass is 396 g/mol. The molecule has 0 spiro atoms. The van der Waals surface area contributed by atoms with Gasteiger partial charge in [0.1, 0.15) is 5.75 Å². The van der Waals surface area contributed by atoms with Gasteiger partial charge in [0.05, 0.1) is 18.7 Å². The molecule has 0 saturated heterocycles. The Morgan fingerprint density at radius 2 is 2.00 bits per heavy atom. The van der Waals surface area contributed by atoms with Crippen molar-refractivity contribution in [2.24, 2.45) is 0 Å². The molecule has 0 aliphatic rings. The molecule has 2 aromatic carbocycles. The van der Waals surface area contributed by atoms with Crippen LogP contribution in [0.25, 0.3) is 21.5 Å². The zero-order valence-corrected chi connectivity index (χ0v) is 16.8. The molecular formula is C20H20N4OS2. The topological polar surface area (TPSA) is 46.1 Å². The summed E-state index contributed by atoms with van der Waals surface area (Å²) in [5, 5.41) is 7.72. The minimum absolute atomic E-state index is 0.566. The lowest BCUT2D eigenvalue weighted by molar-refractivity contribution is 0.244. The number of H-pyrrole nitrogens is 1. The van der Waals surface area contributed by atoms with Crippen LogP contribution in [0.15, 0.2) is 53.9 Å². The average Bonchev–Trinajstić information content (AvgIpc) is 3.31. The van der Waals surface area contributed by atoms with Crippen molar-refractivity contribution in [3.63, 3.8) is 0 Å². The van der Waals surface area contributed by atoms with Gasteiger partial charge in [0.15, 0.2) is 5.82 Å². The zero-order valence-electron chi connectivity index (χ0n) is 15.2. The third-order valence-corrected chi connectivity index (χ3v) is 5.57. The number of nitrogens with one attached hydrogen (secondary N) is 1. The number of rotatable bonds is 6. The number of hydrogen-bond acceptors (Lipinski definition) is 5. The number of aromatic amines is 1. The van der Waals surface area contributed by atoms with Gasteiger partial charge in [0.25, 0.3) is 0 Å². The summed E-state index contributed by atoms with van der Waals surface area (Å²) in [6.45, 7) is 1.47. The summed E-state index contributed by atoms with van der Waals surface area (Å²) < 4.78 is 7.76. The molecule has 0 aliphatic carbocycles. The van der Waals surface area contributed by atoms with Crippen molar-refractivity contribution >= 4 is 34.3 Å². The van der Waals surface area contributed by atoms with Gasteiger partial charge in [0.2, 0.25) is 4.77 Å². The maximum Gasteiger partial charge on any atom is 0.217 e. The molecule has 7 heteroatoms. The summed E-state index contributed by atoms with van der Waals surface area (Å²) in [6, 6.07) is 16.7. The predicted molar refractivity (Wildman–Crippen MR) is 113 cm³/mol. The van der Waals surface area contributed by atoms with Crippen molar-refractivity contribution in [2.45, 2.75) is 13.2 Å². The summed E-state index contributed by atoms with van der Waals surface area (Å²) in [7, 11) is 3.76. The Morgan fingerprint density at radius 3 is 2.78 bits per heavy atom. The van der Waals surface area contributed by atoms with Crippen molar-refractivity contribution in [1.29, 1.82) is 0 Å². The Bertz CT molecular complexity index is 1110. The molecule has 4 rings (SSSR count). The van der Waals surface area contributed by atoms with Gasteiger partial charge in [-0.25, -0.2) is 4.68 Å². The number of nitrogens with zero attached hydrogens (tertiary/aromatic N) is 3. The smallest absolute Gasteiger partial charge is 0.217 e. The van der Waals surface area contributed by atoms with Gasteiger partial charge < -0.3 is 4.74 Å². The number of thiophene rings is 1. The van der Waals surface area contributed by atoms with E-state index in [4.69, 9.17) is 17.0 Å². The van der Waals surface area contributed by atoms with E-state index in [-0.39, 0.29) is 0 Å². The van der Waals surface area contributed by atoms with Crippen LogP contribution >= 0.6 is 23.6 Å². The van der Waals surface area contributed by atoms with E-state index in [9.17, 15) is 0 Å². The number of ether oxygens (including phenoxy) is 1. The molecular weight excluding hydrogens is 376 g/mol. The first-order valence-electron chi connectivity index (χ1n) is 8.58. The fourth-order valence-electron chi connectivity index (χ4n) is 3.08. The van der Waals surface area contributed by atoms with Crippen LogP contribution in [0, 0.1) is 4.77 Å². The molecule has 2 heterocycles. The van der Waals surface area contributed by atoms with Gasteiger partial charge in [-0.05, 0) is 65.2 Å².